The van der Waals surface area contributed by atoms with E-state index in [1.165, 1.54) is 0 Å². The highest BCUT2D eigenvalue weighted by Crippen LogP contribution is 2.10. The van der Waals surface area contributed by atoms with E-state index in [4.69, 9.17) is 9.26 Å². The van der Waals surface area contributed by atoms with Crippen LogP contribution < -0.4 is 5.32 Å². The Morgan fingerprint density at radius 3 is 2.78 bits per heavy atom. The molecule has 18 heavy (non-hydrogen) atoms. The van der Waals surface area contributed by atoms with Crippen LogP contribution in [0.1, 0.15) is 38.9 Å². The normalized spacial score (nSPS) is 13.2. The molecule has 0 bridgehead atoms. The first-order valence-corrected chi connectivity index (χ1v) is 6.72. The Balaban J connectivity index is 2.41. The van der Waals surface area contributed by atoms with E-state index in [2.05, 4.69) is 29.3 Å². The molecule has 0 aliphatic rings. The summed E-state index contributed by atoms with van der Waals surface area (Å²) in [6, 6.07) is 0.394. The number of hydrogen-bond acceptors (Lipinski definition) is 5. The highest BCUT2D eigenvalue weighted by molar-refractivity contribution is 4.90. The van der Waals surface area contributed by atoms with Crippen LogP contribution in [-0.4, -0.2) is 36.4 Å². The summed E-state index contributed by atoms with van der Waals surface area (Å²) in [4.78, 5) is 4.38. The molecule has 1 N–H and O–H groups in total. The lowest BCUT2D eigenvalue weighted by atomic mass is 10.0. The molecule has 0 amide bonds. The van der Waals surface area contributed by atoms with Crippen LogP contribution in [-0.2, 0) is 17.6 Å². The summed E-state index contributed by atoms with van der Waals surface area (Å²) >= 11 is 0. The standard InChI is InChI=1S/C13H25N3O2/c1-5-17-7-6-12-15-13(18-16-12)9-11(14-4)8-10(2)3/h10-11,14H,5-9H2,1-4H3. The summed E-state index contributed by atoms with van der Waals surface area (Å²) in [5.41, 5.74) is 0. The fourth-order valence-electron chi connectivity index (χ4n) is 1.87. The molecular formula is C13H25N3O2. The Hall–Kier alpha value is -0.940. The van der Waals surface area contributed by atoms with Crippen molar-refractivity contribution in [3.8, 4) is 0 Å². The molecule has 0 saturated carbocycles. The minimum Gasteiger partial charge on any atom is -0.381 e. The number of rotatable bonds is 9. The molecular weight excluding hydrogens is 230 g/mol. The van der Waals surface area contributed by atoms with Crippen LogP contribution in [0.4, 0.5) is 0 Å². The first-order valence-electron chi connectivity index (χ1n) is 6.72. The van der Waals surface area contributed by atoms with Crippen molar-refractivity contribution in [2.45, 2.75) is 46.1 Å². The van der Waals surface area contributed by atoms with Gasteiger partial charge in [-0.15, -0.1) is 0 Å². The minimum atomic E-state index is 0.394. The SMILES string of the molecule is CCOCCc1noc(CC(CC(C)C)NC)n1. The first-order chi connectivity index (χ1) is 8.65. The van der Waals surface area contributed by atoms with Gasteiger partial charge in [0.05, 0.1) is 6.61 Å². The van der Waals surface area contributed by atoms with Gasteiger partial charge in [0, 0.05) is 25.5 Å². The predicted octanol–water partition coefficient (Wildman–Crippen LogP) is 1.83. The third-order valence-corrected chi connectivity index (χ3v) is 2.77. The minimum absolute atomic E-state index is 0.394. The number of aromatic nitrogens is 2. The third-order valence-electron chi connectivity index (χ3n) is 2.77. The fourth-order valence-corrected chi connectivity index (χ4v) is 1.87. The molecule has 1 aromatic heterocycles. The van der Waals surface area contributed by atoms with Crippen molar-refractivity contribution in [2.75, 3.05) is 20.3 Å². The van der Waals surface area contributed by atoms with Crippen molar-refractivity contribution >= 4 is 0 Å². The lowest BCUT2D eigenvalue weighted by Gasteiger charge is -2.15. The van der Waals surface area contributed by atoms with Crippen LogP contribution in [0, 0.1) is 5.92 Å². The average molecular weight is 255 g/mol. The van der Waals surface area contributed by atoms with Crippen molar-refractivity contribution in [3.63, 3.8) is 0 Å². The molecule has 5 nitrogen and oxygen atoms in total. The molecule has 1 unspecified atom stereocenters. The van der Waals surface area contributed by atoms with Crippen LogP contribution in [0.3, 0.4) is 0 Å². The van der Waals surface area contributed by atoms with E-state index in [0.717, 1.165) is 25.3 Å². The Labute approximate surface area is 109 Å². The number of likely N-dealkylation sites (N-methyl/N-ethyl adjacent to an activating group) is 1. The second-order valence-electron chi connectivity index (χ2n) is 4.87. The van der Waals surface area contributed by atoms with Crippen molar-refractivity contribution in [1.82, 2.24) is 15.5 Å². The molecule has 5 heteroatoms. The number of nitrogens with zero attached hydrogens (tertiary/aromatic N) is 2. The summed E-state index contributed by atoms with van der Waals surface area (Å²) in [6.07, 6.45) is 2.61. The summed E-state index contributed by atoms with van der Waals surface area (Å²) in [5, 5.41) is 7.25. The number of ether oxygens (including phenoxy) is 1. The smallest absolute Gasteiger partial charge is 0.228 e. The fraction of sp³-hybridized carbons (Fsp3) is 0.846. The highest BCUT2D eigenvalue weighted by Gasteiger charge is 2.14. The largest absolute Gasteiger partial charge is 0.381 e. The van der Waals surface area contributed by atoms with Crippen molar-refractivity contribution < 1.29 is 9.26 Å². The zero-order valence-corrected chi connectivity index (χ0v) is 11.9. The van der Waals surface area contributed by atoms with E-state index in [1.54, 1.807) is 0 Å². The molecule has 104 valence electrons. The van der Waals surface area contributed by atoms with Gasteiger partial charge in [-0.1, -0.05) is 19.0 Å². The maximum atomic E-state index is 5.27. The topological polar surface area (TPSA) is 60.2 Å². The van der Waals surface area contributed by atoms with Gasteiger partial charge in [0.15, 0.2) is 5.82 Å². The third kappa shape index (κ3) is 5.60. The van der Waals surface area contributed by atoms with Gasteiger partial charge >= 0.3 is 0 Å². The van der Waals surface area contributed by atoms with Crippen LogP contribution in [0.5, 0.6) is 0 Å². The summed E-state index contributed by atoms with van der Waals surface area (Å²) in [5.74, 6) is 2.10. The zero-order chi connectivity index (χ0) is 13.4. The van der Waals surface area contributed by atoms with E-state index in [-0.39, 0.29) is 0 Å². The van der Waals surface area contributed by atoms with Gasteiger partial charge in [0.1, 0.15) is 0 Å². The highest BCUT2D eigenvalue weighted by atomic mass is 16.5. The number of nitrogens with one attached hydrogen (secondary N) is 1. The molecule has 1 heterocycles. The molecule has 0 aliphatic carbocycles. The quantitative estimate of drug-likeness (QED) is 0.682. The maximum absolute atomic E-state index is 5.27. The van der Waals surface area contributed by atoms with E-state index >= 15 is 0 Å². The molecule has 1 aromatic rings. The molecule has 0 radical (unpaired) electrons. The van der Waals surface area contributed by atoms with Crippen LogP contribution >= 0.6 is 0 Å². The summed E-state index contributed by atoms with van der Waals surface area (Å²) < 4.78 is 10.5. The van der Waals surface area contributed by atoms with Gasteiger partial charge < -0.3 is 14.6 Å². The Morgan fingerprint density at radius 2 is 2.17 bits per heavy atom. The molecule has 1 rings (SSSR count). The molecule has 0 fully saturated rings. The first kappa shape index (κ1) is 15.1. The van der Waals surface area contributed by atoms with Crippen molar-refractivity contribution in [1.29, 1.82) is 0 Å². The van der Waals surface area contributed by atoms with Gasteiger partial charge in [0.2, 0.25) is 5.89 Å². The molecule has 0 aliphatic heterocycles. The van der Waals surface area contributed by atoms with E-state index < -0.39 is 0 Å². The number of hydrogen-bond donors (Lipinski definition) is 1. The van der Waals surface area contributed by atoms with Gasteiger partial charge in [-0.05, 0) is 26.3 Å². The molecule has 0 spiro atoms. The lowest BCUT2D eigenvalue weighted by Crippen LogP contribution is -2.29. The van der Waals surface area contributed by atoms with Crippen LogP contribution in [0.2, 0.25) is 0 Å². The van der Waals surface area contributed by atoms with E-state index in [0.29, 0.717) is 30.9 Å². The summed E-state index contributed by atoms with van der Waals surface area (Å²) in [7, 11) is 1.97. The van der Waals surface area contributed by atoms with Gasteiger partial charge in [-0.2, -0.15) is 4.98 Å². The monoisotopic (exact) mass is 255 g/mol. The molecule has 1 atom stereocenters. The Kier molecular flexibility index (Phi) is 6.90. The maximum Gasteiger partial charge on any atom is 0.228 e. The van der Waals surface area contributed by atoms with Gasteiger partial charge in [-0.3, -0.25) is 0 Å². The second kappa shape index (κ2) is 8.21. The summed E-state index contributed by atoms with van der Waals surface area (Å²) in [6.45, 7) is 7.78. The zero-order valence-electron chi connectivity index (χ0n) is 11.9. The van der Waals surface area contributed by atoms with Crippen molar-refractivity contribution in [2.24, 2.45) is 5.92 Å². The Bertz CT molecular complexity index is 326. The van der Waals surface area contributed by atoms with Gasteiger partial charge in [0.25, 0.3) is 0 Å². The molecule has 0 saturated heterocycles. The predicted molar refractivity (Wildman–Crippen MR) is 70.5 cm³/mol. The van der Waals surface area contributed by atoms with Crippen LogP contribution in [0.25, 0.3) is 0 Å². The Morgan fingerprint density at radius 1 is 1.39 bits per heavy atom. The average Bonchev–Trinajstić information content (AvgIpc) is 2.76. The van der Waals surface area contributed by atoms with Crippen molar-refractivity contribution in [3.05, 3.63) is 11.7 Å². The molecule has 0 aromatic carbocycles. The lowest BCUT2D eigenvalue weighted by molar-refractivity contribution is 0.149. The van der Waals surface area contributed by atoms with Gasteiger partial charge in [-0.25, -0.2) is 0 Å². The second-order valence-corrected chi connectivity index (χ2v) is 4.87. The van der Waals surface area contributed by atoms with Crippen LogP contribution in [0.15, 0.2) is 4.52 Å². The van der Waals surface area contributed by atoms with E-state index in [9.17, 15) is 0 Å². The van der Waals surface area contributed by atoms with E-state index in [1.807, 2.05) is 14.0 Å².